The first-order valence-electron chi connectivity index (χ1n) is 7.12. The van der Waals surface area contributed by atoms with E-state index in [0.717, 1.165) is 17.0 Å². The largest absolute Gasteiger partial charge is 0.348 e. The summed E-state index contributed by atoms with van der Waals surface area (Å²) in [5.74, 6) is -0.200. The number of carbonyl (C=O) groups is 1. The van der Waals surface area contributed by atoms with E-state index in [1.54, 1.807) is 27.7 Å². The zero-order valence-corrected chi connectivity index (χ0v) is 13.0. The van der Waals surface area contributed by atoms with Crippen LogP contribution in [0.4, 0.5) is 0 Å². The van der Waals surface area contributed by atoms with Crippen LogP contribution in [0.2, 0.25) is 0 Å². The van der Waals surface area contributed by atoms with Gasteiger partial charge in [0, 0.05) is 36.6 Å². The standard InChI is InChI=1S/C15H18N6O/c1-9(2)18-15(22)12-7-14-16-6-5-13(21(14)19-12)11-8-17-20(4)10(11)3/h5-9H,1-4H3,(H,18,22). The molecule has 0 aliphatic heterocycles. The molecule has 0 aliphatic carbocycles. The fourth-order valence-corrected chi connectivity index (χ4v) is 2.30. The van der Waals surface area contributed by atoms with Gasteiger partial charge in [-0.15, -0.1) is 0 Å². The van der Waals surface area contributed by atoms with Crippen molar-refractivity contribution in [1.82, 2.24) is 29.7 Å². The van der Waals surface area contributed by atoms with Gasteiger partial charge in [0.25, 0.3) is 5.91 Å². The summed E-state index contributed by atoms with van der Waals surface area (Å²) in [7, 11) is 1.89. The smallest absolute Gasteiger partial charge is 0.272 e. The number of carbonyl (C=O) groups excluding carboxylic acids is 1. The number of rotatable bonds is 3. The lowest BCUT2D eigenvalue weighted by molar-refractivity contribution is 0.0938. The molecule has 22 heavy (non-hydrogen) atoms. The highest BCUT2D eigenvalue weighted by atomic mass is 16.2. The second-order valence-corrected chi connectivity index (χ2v) is 5.53. The van der Waals surface area contributed by atoms with Crippen LogP contribution in [0.3, 0.4) is 0 Å². The van der Waals surface area contributed by atoms with Crippen molar-refractivity contribution in [1.29, 1.82) is 0 Å². The van der Waals surface area contributed by atoms with Crippen molar-refractivity contribution >= 4 is 11.6 Å². The molecule has 1 N–H and O–H groups in total. The molecule has 3 heterocycles. The molecule has 3 aromatic heterocycles. The highest BCUT2D eigenvalue weighted by molar-refractivity contribution is 5.93. The fraction of sp³-hybridized carbons (Fsp3) is 0.333. The lowest BCUT2D eigenvalue weighted by Gasteiger charge is -2.05. The van der Waals surface area contributed by atoms with Gasteiger partial charge in [-0.25, -0.2) is 9.50 Å². The van der Waals surface area contributed by atoms with E-state index in [2.05, 4.69) is 20.5 Å². The zero-order chi connectivity index (χ0) is 15.9. The molecule has 0 radical (unpaired) electrons. The molecule has 7 heteroatoms. The third kappa shape index (κ3) is 2.34. The minimum absolute atomic E-state index is 0.0605. The van der Waals surface area contributed by atoms with E-state index in [1.165, 1.54) is 0 Å². The maximum atomic E-state index is 12.1. The number of aromatic nitrogens is 5. The van der Waals surface area contributed by atoms with Gasteiger partial charge in [-0.3, -0.25) is 9.48 Å². The molecule has 3 aromatic rings. The van der Waals surface area contributed by atoms with Gasteiger partial charge in [-0.1, -0.05) is 0 Å². The van der Waals surface area contributed by atoms with Crippen molar-refractivity contribution in [2.24, 2.45) is 7.05 Å². The maximum Gasteiger partial charge on any atom is 0.272 e. The third-order valence-corrected chi connectivity index (χ3v) is 3.52. The first-order valence-corrected chi connectivity index (χ1v) is 7.12. The molecular formula is C15H18N6O. The van der Waals surface area contributed by atoms with Crippen molar-refractivity contribution < 1.29 is 4.79 Å². The first kappa shape index (κ1) is 14.2. The molecule has 1 amide bonds. The fourth-order valence-electron chi connectivity index (χ4n) is 2.30. The Hall–Kier alpha value is -2.70. The number of nitrogens with one attached hydrogen (secondary N) is 1. The Kier molecular flexibility index (Phi) is 3.40. The molecule has 0 aliphatic rings. The SMILES string of the molecule is Cc1c(-c2ccnc3cc(C(=O)NC(C)C)nn23)cnn1C. The first-order chi connectivity index (χ1) is 10.5. The van der Waals surface area contributed by atoms with Crippen LogP contribution in [0.25, 0.3) is 16.9 Å². The Labute approximate surface area is 128 Å². The van der Waals surface area contributed by atoms with E-state index in [4.69, 9.17) is 0 Å². The van der Waals surface area contributed by atoms with Crippen LogP contribution < -0.4 is 5.32 Å². The van der Waals surface area contributed by atoms with Crippen molar-refractivity contribution in [2.75, 3.05) is 0 Å². The quantitative estimate of drug-likeness (QED) is 0.796. The van der Waals surface area contributed by atoms with E-state index in [-0.39, 0.29) is 11.9 Å². The van der Waals surface area contributed by atoms with Crippen molar-refractivity contribution in [2.45, 2.75) is 26.8 Å². The Morgan fingerprint density at radius 1 is 1.36 bits per heavy atom. The van der Waals surface area contributed by atoms with E-state index in [0.29, 0.717) is 11.3 Å². The summed E-state index contributed by atoms with van der Waals surface area (Å²) in [5.41, 5.74) is 3.84. The van der Waals surface area contributed by atoms with Gasteiger partial charge in [0.2, 0.25) is 0 Å². The summed E-state index contributed by atoms with van der Waals surface area (Å²) in [4.78, 5) is 16.4. The molecule has 3 rings (SSSR count). The molecule has 0 atom stereocenters. The average molecular weight is 298 g/mol. The second kappa shape index (κ2) is 5.25. The maximum absolute atomic E-state index is 12.1. The lowest BCUT2D eigenvalue weighted by atomic mass is 10.2. The van der Waals surface area contributed by atoms with Crippen LogP contribution in [-0.4, -0.2) is 36.3 Å². The predicted octanol–water partition coefficient (Wildman–Crippen LogP) is 1.58. The monoisotopic (exact) mass is 298 g/mol. The van der Waals surface area contributed by atoms with Gasteiger partial charge in [0.15, 0.2) is 11.3 Å². The molecular weight excluding hydrogens is 280 g/mol. The number of aryl methyl sites for hydroxylation is 1. The average Bonchev–Trinajstić information content (AvgIpc) is 3.03. The van der Waals surface area contributed by atoms with Crippen molar-refractivity contribution in [3.63, 3.8) is 0 Å². The van der Waals surface area contributed by atoms with Gasteiger partial charge in [-0.05, 0) is 26.8 Å². The van der Waals surface area contributed by atoms with E-state index < -0.39 is 0 Å². The molecule has 0 saturated carbocycles. The Morgan fingerprint density at radius 3 is 2.77 bits per heavy atom. The van der Waals surface area contributed by atoms with Gasteiger partial charge in [-0.2, -0.15) is 10.2 Å². The number of hydrogen-bond donors (Lipinski definition) is 1. The molecule has 0 fully saturated rings. The molecule has 114 valence electrons. The molecule has 0 spiro atoms. The minimum Gasteiger partial charge on any atom is -0.348 e. The van der Waals surface area contributed by atoms with Crippen LogP contribution in [-0.2, 0) is 7.05 Å². The topological polar surface area (TPSA) is 77.1 Å². The van der Waals surface area contributed by atoms with Crippen LogP contribution in [0.15, 0.2) is 24.5 Å². The highest BCUT2D eigenvalue weighted by Crippen LogP contribution is 2.22. The predicted molar refractivity (Wildman–Crippen MR) is 82.5 cm³/mol. The van der Waals surface area contributed by atoms with Crippen LogP contribution in [0.5, 0.6) is 0 Å². The van der Waals surface area contributed by atoms with Crippen molar-refractivity contribution in [3.05, 3.63) is 35.9 Å². The normalized spacial score (nSPS) is 11.3. The lowest BCUT2D eigenvalue weighted by Crippen LogP contribution is -2.30. The Morgan fingerprint density at radius 2 is 2.14 bits per heavy atom. The Balaban J connectivity index is 2.11. The summed E-state index contributed by atoms with van der Waals surface area (Å²) in [6.07, 6.45) is 3.50. The molecule has 0 saturated heterocycles. The van der Waals surface area contributed by atoms with Gasteiger partial charge in [0.1, 0.15) is 0 Å². The summed E-state index contributed by atoms with van der Waals surface area (Å²) < 4.78 is 3.48. The summed E-state index contributed by atoms with van der Waals surface area (Å²) in [5, 5.41) is 11.5. The second-order valence-electron chi connectivity index (χ2n) is 5.53. The molecule has 0 aromatic carbocycles. The highest BCUT2D eigenvalue weighted by Gasteiger charge is 2.16. The molecule has 0 bridgehead atoms. The summed E-state index contributed by atoms with van der Waals surface area (Å²) in [6.45, 7) is 5.82. The van der Waals surface area contributed by atoms with Gasteiger partial charge < -0.3 is 5.32 Å². The molecule has 0 unspecified atom stereocenters. The van der Waals surface area contributed by atoms with E-state index in [1.807, 2.05) is 33.9 Å². The third-order valence-electron chi connectivity index (χ3n) is 3.52. The minimum atomic E-state index is -0.200. The van der Waals surface area contributed by atoms with Crippen molar-refractivity contribution in [3.8, 4) is 11.3 Å². The van der Waals surface area contributed by atoms with Gasteiger partial charge >= 0.3 is 0 Å². The summed E-state index contributed by atoms with van der Waals surface area (Å²) in [6, 6.07) is 3.62. The summed E-state index contributed by atoms with van der Waals surface area (Å²) >= 11 is 0. The van der Waals surface area contributed by atoms with Crippen LogP contribution in [0, 0.1) is 6.92 Å². The van der Waals surface area contributed by atoms with E-state index >= 15 is 0 Å². The van der Waals surface area contributed by atoms with Crippen LogP contribution in [0.1, 0.15) is 30.0 Å². The Bertz CT molecular complexity index is 845. The van der Waals surface area contributed by atoms with Crippen LogP contribution >= 0.6 is 0 Å². The molecule has 7 nitrogen and oxygen atoms in total. The van der Waals surface area contributed by atoms with E-state index in [9.17, 15) is 4.79 Å². The number of fused-ring (bicyclic) bond motifs is 1. The number of nitrogens with zero attached hydrogens (tertiary/aromatic N) is 5. The number of hydrogen-bond acceptors (Lipinski definition) is 4. The van der Waals surface area contributed by atoms with Gasteiger partial charge in [0.05, 0.1) is 11.9 Å². The zero-order valence-electron chi connectivity index (χ0n) is 13.0. The number of amides is 1.